The van der Waals surface area contributed by atoms with Crippen molar-refractivity contribution in [3.63, 3.8) is 0 Å². The highest BCUT2D eigenvalue weighted by molar-refractivity contribution is 8.18. The maximum absolute atomic E-state index is 13.9. The third-order valence-electron chi connectivity index (χ3n) is 3.65. The Bertz CT molecular complexity index is 1010. The summed E-state index contributed by atoms with van der Waals surface area (Å²) in [4.78, 5) is 37.3. The quantitative estimate of drug-likeness (QED) is 0.680. The van der Waals surface area contributed by atoms with E-state index >= 15 is 0 Å². The molecule has 0 aliphatic carbocycles. The van der Waals surface area contributed by atoms with Crippen LogP contribution < -0.4 is 5.32 Å². The Kier molecular flexibility index (Phi) is 6.02. The minimum absolute atomic E-state index is 0.0277. The van der Waals surface area contributed by atoms with Gasteiger partial charge in [-0.1, -0.05) is 29.3 Å². The van der Waals surface area contributed by atoms with Crippen molar-refractivity contribution in [2.24, 2.45) is 0 Å². The first kappa shape index (κ1) is 20.3. The molecule has 1 aliphatic heterocycles. The number of carbonyl (C=O) groups is 3. The largest absolute Gasteiger partial charge is 0.324 e. The van der Waals surface area contributed by atoms with E-state index < -0.39 is 35.2 Å². The molecule has 0 saturated carbocycles. The molecule has 0 spiro atoms. The summed E-state index contributed by atoms with van der Waals surface area (Å²) in [5.74, 6) is -2.73. The monoisotopic (exact) mass is 442 g/mol. The van der Waals surface area contributed by atoms with Gasteiger partial charge in [0.25, 0.3) is 11.1 Å². The minimum Gasteiger partial charge on any atom is -0.324 e. The Hall–Kier alpha value is -2.42. The lowest BCUT2D eigenvalue weighted by Gasteiger charge is -2.12. The molecule has 1 heterocycles. The molecule has 1 N–H and O–H groups in total. The molecule has 2 aromatic carbocycles. The summed E-state index contributed by atoms with van der Waals surface area (Å²) in [5.41, 5.74) is 0.178. The fourth-order valence-corrected chi connectivity index (χ4v) is 3.55. The number of hydrogen-bond donors (Lipinski definition) is 1. The van der Waals surface area contributed by atoms with Crippen LogP contribution in [0.25, 0.3) is 6.08 Å². The number of halogens is 4. The number of nitrogens with zero attached hydrogens (tertiary/aromatic N) is 1. The zero-order valence-electron chi connectivity index (χ0n) is 13.8. The highest BCUT2D eigenvalue weighted by atomic mass is 35.5. The summed E-state index contributed by atoms with van der Waals surface area (Å²) >= 11 is 12.1. The van der Waals surface area contributed by atoms with Gasteiger partial charge in [0, 0.05) is 11.3 Å². The number of anilines is 1. The lowest BCUT2D eigenvalue weighted by atomic mass is 10.2. The van der Waals surface area contributed by atoms with Crippen molar-refractivity contribution < 1.29 is 23.2 Å². The van der Waals surface area contributed by atoms with Crippen molar-refractivity contribution in [2.45, 2.75) is 0 Å². The molecule has 1 fully saturated rings. The summed E-state index contributed by atoms with van der Waals surface area (Å²) in [6, 6.07) is 7.58. The van der Waals surface area contributed by atoms with Crippen LogP contribution in [0, 0.1) is 11.6 Å². The first-order valence-corrected chi connectivity index (χ1v) is 9.28. The normalized spacial score (nSPS) is 15.4. The molecule has 144 valence electrons. The Balaban J connectivity index is 1.74. The van der Waals surface area contributed by atoms with E-state index in [1.807, 2.05) is 0 Å². The predicted octanol–water partition coefficient (Wildman–Crippen LogP) is 4.95. The van der Waals surface area contributed by atoms with Gasteiger partial charge in [-0.25, -0.2) is 8.78 Å². The van der Waals surface area contributed by atoms with E-state index in [1.165, 1.54) is 36.4 Å². The van der Waals surface area contributed by atoms with Crippen LogP contribution in [0.1, 0.15) is 5.56 Å². The molecule has 28 heavy (non-hydrogen) atoms. The van der Waals surface area contributed by atoms with Crippen LogP contribution in [0.5, 0.6) is 0 Å². The third-order valence-corrected chi connectivity index (χ3v) is 5.18. The second-order valence-corrected chi connectivity index (χ2v) is 7.39. The molecule has 0 unspecified atom stereocenters. The summed E-state index contributed by atoms with van der Waals surface area (Å²) in [6.45, 7) is -0.567. The van der Waals surface area contributed by atoms with Gasteiger partial charge in [0.2, 0.25) is 5.91 Å². The molecule has 3 rings (SSSR count). The Labute approximate surface area is 172 Å². The number of benzene rings is 2. The Morgan fingerprint density at radius 2 is 1.86 bits per heavy atom. The van der Waals surface area contributed by atoms with Crippen molar-refractivity contribution in [3.8, 4) is 0 Å². The molecule has 1 aliphatic rings. The average molecular weight is 443 g/mol. The summed E-state index contributed by atoms with van der Waals surface area (Å²) in [6.07, 6.45) is 1.17. The lowest BCUT2D eigenvalue weighted by molar-refractivity contribution is -0.127. The summed E-state index contributed by atoms with van der Waals surface area (Å²) in [7, 11) is 0. The molecular formula is C18H10Cl2F2N2O3S. The second kappa shape index (κ2) is 8.30. The van der Waals surface area contributed by atoms with E-state index in [0.717, 1.165) is 6.07 Å². The van der Waals surface area contributed by atoms with Gasteiger partial charge in [0.05, 0.1) is 15.0 Å². The molecule has 0 bridgehead atoms. The van der Waals surface area contributed by atoms with Crippen molar-refractivity contribution >= 4 is 63.8 Å². The maximum Gasteiger partial charge on any atom is 0.294 e. The maximum atomic E-state index is 13.9. The molecule has 10 heteroatoms. The van der Waals surface area contributed by atoms with E-state index in [9.17, 15) is 23.2 Å². The van der Waals surface area contributed by atoms with Gasteiger partial charge in [-0.2, -0.15) is 0 Å². The highest BCUT2D eigenvalue weighted by Gasteiger charge is 2.36. The van der Waals surface area contributed by atoms with E-state index in [4.69, 9.17) is 23.2 Å². The van der Waals surface area contributed by atoms with Crippen LogP contribution in [-0.4, -0.2) is 28.5 Å². The van der Waals surface area contributed by atoms with Crippen LogP contribution in [0.4, 0.5) is 19.3 Å². The van der Waals surface area contributed by atoms with Gasteiger partial charge in [0.1, 0.15) is 18.2 Å². The first-order chi connectivity index (χ1) is 13.3. The Morgan fingerprint density at radius 3 is 2.54 bits per heavy atom. The SMILES string of the molecule is O=C(CN1C(=O)S/C(=C\c2c(F)cccc2Cl)C1=O)Nc1ccc(F)c(Cl)c1. The molecule has 5 nitrogen and oxygen atoms in total. The standard InChI is InChI=1S/C18H10Cl2F2N2O3S/c19-11-2-1-3-13(21)10(11)7-15-17(26)24(18(27)28-15)8-16(25)23-9-4-5-14(22)12(20)6-9/h1-7H,8H2,(H,23,25)/b15-7-. The van der Waals surface area contributed by atoms with Gasteiger partial charge in [-0.15, -0.1) is 0 Å². The number of carbonyl (C=O) groups excluding carboxylic acids is 3. The van der Waals surface area contributed by atoms with Gasteiger partial charge in [-0.05, 0) is 48.2 Å². The fourth-order valence-electron chi connectivity index (χ4n) is 2.33. The number of amides is 3. The summed E-state index contributed by atoms with van der Waals surface area (Å²) < 4.78 is 27.0. The van der Waals surface area contributed by atoms with E-state index in [2.05, 4.69) is 5.32 Å². The molecule has 3 amide bonds. The average Bonchev–Trinajstić information content (AvgIpc) is 2.89. The molecule has 0 aromatic heterocycles. The molecule has 0 atom stereocenters. The van der Waals surface area contributed by atoms with Gasteiger partial charge < -0.3 is 5.32 Å². The van der Waals surface area contributed by atoms with Crippen molar-refractivity contribution in [1.29, 1.82) is 0 Å². The first-order valence-electron chi connectivity index (χ1n) is 7.70. The fraction of sp³-hybridized carbons (Fsp3) is 0.0556. The van der Waals surface area contributed by atoms with Crippen LogP contribution >= 0.6 is 35.0 Å². The third kappa shape index (κ3) is 4.35. The smallest absolute Gasteiger partial charge is 0.294 e. The molecule has 2 aromatic rings. The summed E-state index contributed by atoms with van der Waals surface area (Å²) in [5, 5.41) is 1.63. The van der Waals surface area contributed by atoms with Gasteiger partial charge in [0.15, 0.2) is 0 Å². The zero-order chi connectivity index (χ0) is 20.4. The van der Waals surface area contributed by atoms with Crippen LogP contribution in [-0.2, 0) is 9.59 Å². The highest BCUT2D eigenvalue weighted by Crippen LogP contribution is 2.34. The van der Waals surface area contributed by atoms with Crippen molar-refractivity contribution in [3.05, 3.63) is 68.5 Å². The van der Waals surface area contributed by atoms with Crippen LogP contribution in [0.2, 0.25) is 10.0 Å². The van der Waals surface area contributed by atoms with Gasteiger partial charge in [-0.3, -0.25) is 19.3 Å². The lowest BCUT2D eigenvalue weighted by Crippen LogP contribution is -2.36. The van der Waals surface area contributed by atoms with Crippen LogP contribution in [0.3, 0.4) is 0 Å². The second-order valence-electron chi connectivity index (χ2n) is 5.58. The number of nitrogens with one attached hydrogen (secondary N) is 1. The van der Waals surface area contributed by atoms with Crippen molar-refractivity contribution in [1.82, 2.24) is 4.90 Å². The van der Waals surface area contributed by atoms with E-state index in [-0.39, 0.29) is 26.2 Å². The van der Waals surface area contributed by atoms with Gasteiger partial charge >= 0.3 is 0 Å². The molecule has 1 saturated heterocycles. The Morgan fingerprint density at radius 1 is 1.11 bits per heavy atom. The number of thioether (sulfide) groups is 1. The number of imide groups is 1. The predicted molar refractivity (Wildman–Crippen MR) is 104 cm³/mol. The number of rotatable bonds is 4. The molecule has 0 radical (unpaired) electrons. The number of hydrogen-bond acceptors (Lipinski definition) is 4. The van der Waals surface area contributed by atoms with Crippen molar-refractivity contribution in [2.75, 3.05) is 11.9 Å². The topological polar surface area (TPSA) is 66.5 Å². The minimum atomic E-state index is -0.749. The van der Waals surface area contributed by atoms with E-state index in [1.54, 1.807) is 0 Å². The zero-order valence-corrected chi connectivity index (χ0v) is 16.2. The van der Waals surface area contributed by atoms with Crippen LogP contribution in [0.15, 0.2) is 41.3 Å². The van der Waals surface area contributed by atoms with E-state index in [0.29, 0.717) is 16.7 Å². The molecular weight excluding hydrogens is 433 g/mol.